The van der Waals surface area contributed by atoms with Gasteiger partial charge in [0.2, 0.25) is 0 Å². The summed E-state index contributed by atoms with van der Waals surface area (Å²) in [6.45, 7) is 2.43. The molecule has 12 heavy (non-hydrogen) atoms. The minimum atomic E-state index is 0.580. The van der Waals surface area contributed by atoms with Crippen LogP contribution < -0.4 is 0 Å². The molecule has 0 radical (unpaired) electrons. The number of rotatable bonds is 3. The molecule has 0 N–H and O–H groups in total. The first-order valence-corrected chi connectivity index (χ1v) is 5.21. The zero-order valence-corrected chi connectivity index (χ0v) is 7.62. The fraction of sp³-hybridized carbons (Fsp3) is 0.909. The summed E-state index contributed by atoms with van der Waals surface area (Å²) in [6, 6.07) is 0. The maximum absolute atomic E-state index is 10.3. The fourth-order valence-corrected chi connectivity index (χ4v) is 4.37. The molecule has 4 aliphatic carbocycles. The van der Waals surface area contributed by atoms with E-state index >= 15 is 0 Å². The predicted octanol–water partition coefficient (Wildman–Crippen LogP) is 2.26. The minimum absolute atomic E-state index is 0.580. The van der Waals surface area contributed by atoms with Crippen LogP contribution in [0.1, 0.15) is 32.6 Å². The van der Waals surface area contributed by atoms with Crippen LogP contribution in [-0.2, 0) is 4.79 Å². The molecule has 0 amide bonds. The first-order valence-electron chi connectivity index (χ1n) is 5.21. The topological polar surface area (TPSA) is 17.1 Å². The van der Waals surface area contributed by atoms with Gasteiger partial charge in [0.05, 0.1) is 0 Å². The SMILES string of the molecule is CC1(CCC=O)C2CC3C(C2)C31. The summed E-state index contributed by atoms with van der Waals surface area (Å²) in [5.74, 6) is 4.19. The van der Waals surface area contributed by atoms with Crippen LogP contribution >= 0.6 is 0 Å². The second kappa shape index (κ2) is 1.94. The van der Waals surface area contributed by atoms with Crippen LogP contribution in [0.25, 0.3) is 0 Å². The van der Waals surface area contributed by atoms with Crippen LogP contribution in [0.3, 0.4) is 0 Å². The Balaban J connectivity index is 1.79. The maximum Gasteiger partial charge on any atom is 0.120 e. The van der Waals surface area contributed by atoms with E-state index in [2.05, 4.69) is 6.92 Å². The standard InChI is InChI=1S/C11H16O/c1-11(3-2-4-12)7-5-8-9(6-7)10(8)11/h4,7-10H,2-3,5-6H2,1H3. The van der Waals surface area contributed by atoms with Gasteiger partial charge in [-0.15, -0.1) is 0 Å². The first-order chi connectivity index (χ1) is 5.77. The number of carbonyl (C=O) groups excluding carboxylic acids is 1. The summed E-state index contributed by atoms with van der Waals surface area (Å²) < 4.78 is 0. The molecule has 3 atom stereocenters. The highest BCUT2D eigenvalue weighted by Crippen LogP contribution is 2.79. The highest BCUT2D eigenvalue weighted by atomic mass is 16.1. The average molecular weight is 164 g/mol. The lowest BCUT2D eigenvalue weighted by atomic mass is 9.77. The van der Waals surface area contributed by atoms with Gasteiger partial charge in [0.15, 0.2) is 0 Å². The molecule has 4 bridgehead atoms. The van der Waals surface area contributed by atoms with Crippen LogP contribution in [0.15, 0.2) is 0 Å². The third-order valence-corrected chi connectivity index (χ3v) is 4.94. The van der Waals surface area contributed by atoms with Crippen LogP contribution in [0.4, 0.5) is 0 Å². The molecule has 4 aliphatic rings. The first kappa shape index (κ1) is 7.11. The smallest absolute Gasteiger partial charge is 0.120 e. The molecule has 1 nitrogen and oxygen atoms in total. The molecule has 3 unspecified atom stereocenters. The summed E-state index contributed by atoms with van der Waals surface area (Å²) in [4.78, 5) is 10.3. The Hall–Kier alpha value is -0.330. The van der Waals surface area contributed by atoms with Crippen molar-refractivity contribution in [1.29, 1.82) is 0 Å². The maximum atomic E-state index is 10.3. The van der Waals surface area contributed by atoms with Crippen LogP contribution in [0.5, 0.6) is 0 Å². The van der Waals surface area contributed by atoms with Gasteiger partial charge >= 0.3 is 0 Å². The molecule has 0 aromatic heterocycles. The Morgan fingerprint density at radius 2 is 2.08 bits per heavy atom. The Morgan fingerprint density at radius 3 is 2.50 bits per heavy atom. The van der Waals surface area contributed by atoms with E-state index in [1.807, 2.05) is 0 Å². The Kier molecular flexibility index (Phi) is 1.15. The van der Waals surface area contributed by atoms with Gasteiger partial charge < -0.3 is 4.79 Å². The summed E-state index contributed by atoms with van der Waals surface area (Å²) in [5, 5.41) is 0. The number of carbonyl (C=O) groups is 1. The van der Waals surface area contributed by atoms with Gasteiger partial charge in [0.25, 0.3) is 0 Å². The Bertz CT molecular complexity index is 219. The van der Waals surface area contributed by atoms with Crippen molar-refractivity contribution < 1.29 is 4.79 Å². The lowest BCUT2D eigenvalue weighted by Crippen LogP contribution is -2.20. The molecular weight excluding hydrogens is 148 g/mol. The molecule has 0 aliphatic heterocycles. The van der Waals surface area contributed by atoms with Crippen LogP contribution in [-0.4, -0.2) is 6.29 Å². The monoisotopic (exact) mass is 164 g/mol. The number of hydrogen-bond donors (Lipinski definition) is 0. The molecule has 1 heteroatoms. The van der Waals surface area contributed by atoms with E-state index in [1.165, 1.54) is 19.3 Å². The normalized spacial score (nSPS) is 59.1. The van der Waals surface area contributed by atoms with E-state index in [4.69, 9.17) is 0 Å². The lowest BCUT2D eigenvalue weighted by molar-refractivity contribution is -0.108. The second-order valence-electron chi connectivity index (χ2n) is 5.23. The van der Waals surface area contributed by atoms with Crippen molar-refractivity contribution >= 4 is 6.29 Å². The van der Waals surface area contributed by atoms with E-state index in [1.54, 1.807) is 0 Å². The zero-order valence-electron chi connectivity index (χ0n) is 7.62. The molecule has 0 spiro atoms. The van der Waals surface area contributed by atoms with Crippen molar-refractivity contribution in [1.82, 2.24) is 0 Å². The summed E-state index contributed by atoms with van der Waals surface area (Å²) >= 11 is 0. The molecule has 0 aromatic carbocycles. The zero-order chi connectivity index (χ0) is 8.34. The summed E-state index contributed by atoms with van der Waals surface area (Å²) in [5.41, 5.74) is 0.580. The quantitative estimate of drug-likeness (QED) is 0.585. The van der Waals surface area contributed by atoms with E-state index in [0.29, 0.717) is 5.41 Å². The molecule has 0 aromatic rings. The van der Waals surface area contributed by atoms with Crippen molar-refractivity contribution in [2.45, 2.75) is 32.6 Å². The van der Waals surface area contributed by atoms with E-state index in [0.717, 1.165) is 36.4 Å². The van der Waals surface area contributed by atoms with Gasteiger partial charge in [-0.25, -0.2) is 0 Å². The fourth-order valence-electron chi connectivity index (χ4n) is 4.37. The van der Waals surface area contributed by atoms with Gasteiger partial charge in [0, 0.05) is 6.42 Å². The third-order valence-electron chi connectivity index (χ3n) is 4.94. The second-order valence-corrected chi connectivity index (χ2v) is 5.23. The van der Waals surface area contributed by atoms with Gasteiger partial charge in [-0.05, 0) is 48.3 Å². The van der Waals surface area contributed by atoms with E-state index in [9.17, 15) is 4.79 Å². The third kappa shape index (κ3) is 0.605. The van der Waals surface area contributed by atoms with E-state index in [-0.39, 0.29) is 0 Å². The van der Waals surface area contributed by atoms with Crippen molar-refractivity contribution in [3.8, 4) is 0 Å². The largest absolute Gasteiger partial charge is 0.303 e. The van der Waals surface area contributed by atoms with Gasteiger partial charge in [-0.1, -0.05) is 6.92 Å². The molecule has 4 rings (SSSR count). The van der Waals surface area contributed by atoms with Gasteiger partial charge in [-0.3, -0.25) is 0 Å². The van der Waals surface area contributed by atoms with Crippen molar-refractivity contribution in [2.75, 3.05) is 0 Å². The van der Waals surface area contributed by atoms with Crippen molar-refractivity contribution in [2.24, 2.45) is 29.1 Å². The van der Waals surface area contributed by atoms with E-state index < -0.39 is 0 Å². The minimum Gasteiger partial charge on any atom is -0.303 e. The molecule has 66 valence electrons. The Labute approximate surface area is 73.5 Å². The molecule has 0 saturated heterocycles. The van der Waals surface area contributed by atoms with Crippen molar-refractivity contribution in [3.05, 3.63) is 0 Å². The van der Waals surface area contributed by atoms with Crippen LogP contribution in [0, 0.1) is 29.1 Å². The number of hydrogen-bond acceptors (Lipinski definition) is 1. The molecule has 0 heterocycles. The number of aldehydes is 1. The highest BCUT2D eigenvalue weighted by Gasteiger charge is 2.72. The lowest BCUT2D eigenvalue weighted by Gasteiger charge is -2.27. The molecule has 4 saturated carbocycles. The highest BCUT2D eigenvalue weighted by molar-refractivity contribution is 5.49. The Morgan fingerprint density at radius 1 is 1.42 bits per heavy atom. The summed E-state index contributed by atoms with van der Waals surface area (Å²) in [7, 11) is 0. The van der Waals surface area contributed by atoms with Crippen LogP contribution in [0.2, 0.25) is 0 Å². The van der Waals surface area contributed by atoms with Gasteiger partial charge in [0.1, 0.15) is 6.29 Å². The predicted molar refractivity (Wildman–Crippen MR) is 46.6 cm³/mol. The molecular formula is C11H16O. The van der Waals surface area contributed by atoms with Gasteiger partial charge in [-0.2, -0.15) is 0 Å². The molecule has 4 fully saturated rings. The van der Waals surface area contributed by atoms with Crippen molar-refractivity contribution in [3.63, 3.8) is 0 Å². The summed E-state index contributed by atoms with van der Waals surface area (Å²) in [6.07, 6.45) is 6.04. The average Bonchev–Trinajstić information content (AvgIpc) is 2.46.